The number of nitro groups is 1. The van der Waals surface area contributed by atoms with Crippen LogP contribution in [0.2, 0.25) is 0 Å². The molecule has 1 aliphatic heterocycles. The van der Waals surface area contributed by atoms with Gasteiger partial charge in [0.2, 0.25) is 5.13 Å². The number of para-hydroxylation sites is 1. The number of anilines is 1. The van der Waals surface area contributed by atoms with Gasteiger partial charge in [0.1, 0.15) is 0 Å². The number of benzene rings is 2. The van der Waals surface area contributed by atoms with E-state index in [1.807, 2.05) is 18.2 Å². The average molecular weight is 325 g/mol. The number of carbonyl (C=O) groups excluding carboxylic acids is 2. The molecule has 0 unspecified atom stereocenters. The Labute approximate surface area is 132 Å². The molecule has 0 aliphatic carbocycles. The largest absolute Gasteiger partial charge is 0.270 e. The Bertz CT molecular complexity index is 978. The van der Waals surface area contributed by atoms with Crippen LogP contribution in [0.5, 0.6) is 0 Å². The van der Waals surface area contributed by atoms with Crippen molar-refractivity contribution in [2.45, 2.75) is 0 Å². The number of hydrogen-bond donors (Lipinski definition) is 0. The fourth-order valence-corrected chi connectivity index (χ4v) is 3.43. The summed E-state index contributed by atoms with van der Waals surface area (Å²) in [5, 5.41) is 11.1. The van der Waals surface area contributed by atoms with E-state index < -0.39 is 16.7 Å². The summed E-state index contributed by atoms with van der Waals surface area (Å²) in [7, 11) is 0. The fraction of sp³-hybridized carbons (Fsp3) is 0. The van der Waals surface area contributed by atoms with Crippen molar-refractivity contribution in [3.8, 4) is 0 Å². The number of rotatable bonds is 2. The molecule has 3 aromatic rings. The molecule has 0 fully saturated rings. The summed E-state index contributed by atoms with van der Waals surface area (Å²) in [5.41, 5.74) is 0.648. The van der Waals surface area contributed by atoms with Crippen LogP contribution in [-0.4, -0.2) is 21.7 Å². The van der Waals surface area contributed by atoms with Crippen LogP contribution in [0.1, 0.15) is 20.7 Å². The second kappa shape index (κ2) is 4.68. The van der Waals surface area contributed by atoms with E-state index in [0.717, 1.165) is 15.7 Å². The first kappa shape index (κ1) is 13.5. The van der Waals surface area contributed by atoms with Gasteiger partial charge in [-0.05, 0) is 18.2 Å². The second-order valence-corrected chi connectivity index (χ2v) is 5.91. The lowest BCUT2D eigenvalue weighted by Crippen LogP contribution is -2.29. The number of hydrogen-bond acceptors (Lipinski definition) is 6. The highest BCUT2D eigenvalue weighted by Gasteiger charge is 2.39. The summed E-state index contributed by atoms with van der Waals surface area (Å²) in [6.07, 6.45) is 0. The Balaban J connectivity index is 1.83. The van der Waals surface area contributed by atoms with Gasteiger partial charge in [-0.1, -0.05) is 23.5 Å². The van der Waals surface area contributed by atoms with Gasteiger partial charge in [-0.25, -0.2) is 9.88 Å². The zero-order chi connectivity index (χ0) is 16.1. The molecule has 1 aliphatic rings. The summed E-state index contributed by atoms with van der Waals surface area (Å²) in [6, 6.07) is 10.9. The normalized spacial score (nSPS) is 13.7. The van der Waals surface area contributed by atoms with Crippen molar-refractivity contribution in [2.24, 2.45) is 0 Å². The van der Waals surface area contributed by atoms with Gasteiger partial charge in [-0.15, -0.1) is 0 Å². The third-order valence-electron chi connectivity index (χ3n) is 3.55. The highest BCUT2D eigenvalue weighted by atomic mass is 32.1. The van der Waals surface area contributed by atoms with E-state index in [9.17, 15) is 19.7 Å². The van der Waals surface area contributed by atoms with Crippen LogP contribution in [0, 0.1) is 10.1 Å². The first-order valence-corrected chi connectivity index (χ1v) is 7.41. The van der Waals surface area contributed by atoms with Crippen LogP contribution in [0.3, 0.4) is 0 Å². The number of imide groups is 1. The number of non-ortho nitro benzene ring substituents is 1. The predicted octanol–water partition coefficient (Wildman–Crippen LogP) is 3.01. The summed E-state index contributed by atoms with van der Waals surface area (Å²) >= 11 is 1.22. The Morgan fingerprint density at radius 1 is 1.04 bits per heavy atom. The molecule has 23 heavy (non-hydrogen) atoms. The molecule has 0 bridgehead atoms. The van der Waals surface area contributed by atoms with Crippen LogP contribution < -0.4 is 4.90 Å². The third kappa shape index (κ3) is 1.92. The lowest BCUT2D eigenvalue weighted by molar-refractivity contribution is -0.384. The lowest BCUT2D eigenvalue weighted by Gasteiger charge is -2.08. The average Bonchev–Trinajstić information content (AvgIpc) is 3.06. The summed E-state index contributed by atoms with van der Waals surface area (Å²) in [6.45, 7) is 0. The van der Waals surface area contributed by atoms with Crippen LogP contribution in [0.4, 0.5) is 10.8 Å². The minimum Gasteiger partial charge on any atom is -0.268 e. The summed E-state index contributed by atoms with van der Waals surface area (Å²) in [4.78, 5) is 40.5. The molecule has 0 N–H and O–H groups in total. The minimum absolute atomic E-state index is 0.0310. The van der Waals surface area contributed by atoms with E-state index in [2.05, 4.69) is 4.98 Å². The maximum absolute atomic E-state index is 12.5. The first-order chi connectivity index (χ1) is 11.1. The van der Waals surface area contributed by atoms with Gasteiger partial charge in [0.05, 0.1) is 26.3 Å². The Morgan fingerprint density at radius 3 is 2.52 bits per heavy atom. The molecule has 1 aromatic heterocycles. The molecule has 0 atom stereocenters. The number of fused-ring (bicyclic) bond motifs is 2. The molecule has 0 radical (unpaired) electrons. The van der Waals surface area contributed by atoms with Crippen molar-refractivity contribution in [3.63, 3.8) is 0 Å². The van der Waals surface area contributed by atoms with E-state index in [0.29, 0.717) is 5.52 Å². The first-order valence-electron chi connectivity index (χ1n) is 6.59. The molecule has 8 heteroatoms. The van der Waals surface area contributed by atoms with Crippen molar-refractivity contribution >= 4 is 44.2 Å². The van der Waals surface area contributed by atoms with Gasteiger partial charge in [0, 0.05) is 12.1 Å². The number of thiazole rings is 1. The van der Waals surface area contributed by atoms with E-state index in [1.165, 1.54) is 23.5 Å². The zero-order valence-electron chi connectivity index (χ0n) is 11.4. The van der Waals surface area contributed by atoms with E-state index in [1.54, 1.807) is 6.07 Å². The molecule has 0 spiro atoms. The van der Waals surface area contributed by atoms with Gasteiger partial charge in [-0.3, -0.25) is 19.7 Å². The zero-order valence-corrected chi connectivity index (χ0v) is 12.2. The van der Waals surface area contributed by atoms with Gasteiger partial charge < -0.3 is 0 Å². The van der Waals surface area contributed by atoms with E-state index >= 15 is 0 Å². The quantitative estimate of drug-likeness (QED) is 0.410. The van der Waals surface area contributed by atoms with E-state index in [4.69, 9.17) is 0 Å². The SMILES string of the molecule is O=C1c2ccc([N+](=O)[O-])cc2C(=O)N1c1nc2ccccc2s1. The third-order valence-corrected chi connectivity index (χ3v) is 4.58. The molecule has 112 valence electrons. The Kier molecular flexibility index (Phi) is 2.75. The number of carbonyl (C=O) groups is 2. The van der Waals surface area contributed by atoms with Gasteiger partial charge in [0.15, 0.2) is 0 Å². The second-order valence-electron chi connectivity index (χ2n) is 4.90. The fourth-order valence-electron chi connectivity index (χ4n) is 2.47. The number of nitrogens with zero attached hydrogens (tertiary/aromatic N) is 3. The molecular formula is C15H7N3O4S. The van der Waals surface area contributed by atoms with Crippen LogP contribution in [-0.2, 0) is 0 Å². The monoisotopic (exact) mass is 325 g/mol. The van der Waals surface area contributed by atoms with Gasteiger partial charge >= 0.3 is 0 Å². The van der Waals surface area contributed by atoms with Crippen LogP contribution >= 0.6 is 11.3 Å². The van der Waals surface area contributed by atoms with Gasteiger partial charge in [0.25, 0.3) is 17.5 Å². The van der Waals surface area contributed by atoms with Crippen molar-refractivity contribution in [1.29, 1.82) is 0 Å². The molecular weight excluding hydrogens is 318 g/mol. The molecule has 4 rings (SSSR count). The topological polar surface area (TPSA) is 93.4 Å². The van der Waals surface area contributed by atoms with Crippen molar-refractivity contribution in [2.75, 3.05) is 4.90 Å². The van der Waals surface area contributed by atoms with Crippen molar-refractivity contribution < 1.29 is 14.5 Å². The highest BCUT2D eigenvalue weighted by Crippen LogP contribution is 2.35. The van der Waals surface area contributed by atoms with Crippen molar-refractivity contribution in [1.82, 2.24) is 4.98 Å². The standard InChI is InChI=1S/C15H7N3O4S/c19-13-9-6-5-8(18(21)22)7-10(9)14(20)17(13)15-16-11-3-1-2-4-12(11)23-15/h1-7H. The van der Waals surface area contributed by atoms with Crippen molar-refractivity contribution in [3.05, 3.63) is 63.7 Å². The molecule has 7 nitrogen and oxygen atoms in total. The minimum atomic E-state index is -0.599. The molecule has 2 amide bonds. The Morgan fingerprint density at radius 2 is 1.78 bits per heavy atom. The predicted molar refractivity (Wildman–Crippen MR) is 83.9 cm³/mol. The number of amides is 2. The van der Waals surface area contributed by atoms with E-state index in [-0.39, 0.29) is 21.9 Å². The molecule has 2 heterocycles. The summed E-state index contributed by atoms with van der Waals surface area (Å²) in [5.74, 6) is -1.10. The molecule has 0 saturated carbocycles. The Hall–Kier alpha value is -3.13. The molecule has 0 saturated heterocycles. The van der Waals surface area contributed by atoms with Crippen LogP contribution in [0.25, 0.3) is 10.2 Å². The maximum atomic E-state index is 12.5. The smallest absolute Gasteiger partial charge is 0.268 e. The molecule has 2 aromatic carbocycles. The maximum Gasteiger partial charge on any atom is 0.270 e. The summed E-state index contributed by atoms with van der Waals surface area (Å²) < 4.78 is 0.852. The van der Waals surface area contributed by atoms with Gasteiger partial charge in [-0.2, -0.15) is 0 Å². The number of aromatic nitrogens is 1. The highest BCUT2D eigenvalue weighted by molar-refractivity contribution is 7.22. The number of nitro benzene ring substituents is 1. The lowest BCUT2D eigenvalue weighted by atomic mass is 10.1. The van der Waals surface area contributed by atoms with Crippen LogP contribution in [0.15, 0.2) is 42.5 Å².